The van der Waals surface area contributed by atoms with Crippen LogP contribution in [0.4, 0.5) is 4.79 Å². The molecule has 0 saturated heterocycles. The number of ether oxygens (including phenoxy) is 2. The first-order valence-corrected chi connectivity index (χ1v) is 7.38. The number of hydrogen-bond acceptors (Lipinski definition) is 4. The van der Waals surface area contributed by atoms with Gasteiger partial charge in [-0.05, 0) is 24.7 Å². The van der Waals surface area contributed by atoms with Gasteiger partial charge in [-0.3, -0.25) is 4.79 Å². The summed E-state index contributed by atoms with van der Waals surface area (Å²) < 4.78 is 10.1. The number of methoxy groups -OCH3 is 1. The van der Waals surface area contributed by atoms with Crippen LogP contribution in [0.1, 0.15) is 32.1 Å². The molecule has 0 bridgehead atoms. The molecule has 0 radical (unpaired) electrons. The standard InChI is InChI=1S/C14H26N2O5/c1-20-8-9-21-7-3-6-15-13(19)16-11-14(4-2-5-14)10-12(17)18/h2-11H2,1H3,(H,17,18)(H2,15,16,19). The van der Waals surface area contributed by atoms with Crippen LogP contribution in [-0.4, -0.2) is 57.1 Å². The molecule has 7 nitrogen and oxygen atoms in total. The van der Waals surface area contributed by atoms with Gasteiger partial charge >= 0.3 is 12.0 Å². The summed E-state index contributed by atoms with van der Waals surface area (Å²) in [6.45, 7) is 2.66. The SMILES string of the molecule is COCCOCCCNC(=O)NCC1(CC(=O)O)CCC1. The number of rotatable bonds is 11. The van der Waals surface area contributed by atoms with Gasteiger partial charge in [-0.15, -0.1) is 0 Å². The topological polar surface area (TPSA) is 96.9 Å². The molecule has 122 valence electrons. The molecule has 1 saturated carbocycles. The van der Waals surface area contributed by atoms with E-state index in [1.807, 2.05) is 0 Å². The fourth-order valence-corrected chi connectivity index (χ4v) is 2.36. The second kappa shape index (κ2) is 9.57. The summed E-state index contributed by atoms with van der Waals surface area (Å²) in [5.41, 5.74) is -0.244. The van der Waals surface area contributed by atoms with Crippen LogP contribution in [0.15, 0.2) is 0 Å². The number of amides is 2. The van der Waals surface area contributed by atoms with E-state index in [4.69, 9.17) is 14.6 Å². The van der Waals surface area contributed by atoms with Crippen molar-refractivity contribution >= 4 is 12.0 Å². The lowest BCUT2D eigenvalue weighted by Gasteiger charge is -2.40. The Bertz CT molecular complexity index is 331. The van der Waals surface area contributed by atoms with E-state index in [2.05, 4.69) is 10.6 Å². The molecule has 0 aromatic rings. The van der Waals surface area contributed by atoms with Crippen LogP contribution >= 0.6 is 0 Å². The third-order valence-corrected chi connectivity index (χ3v) is 3.75. The Kier molecular flexibility index (Phi) is 8.07. The average molecular weight is 302 g/mol. The zero-order chi connectivity index (χ0) is 15.6. The van der Waals surface area contributed by atoms with Gasteiger partial charge in [0.25, 0.3) is 0 Å². The van der Waals surface area contributed by atoms with Gasteiger partial charge in [0, 0.05) is 26.8 Å². The van der Waals surface area contributed by atoms with E-state index in [1.54, 1.807) is 7.11 Å². The molecule has 1 aliphatic carbocycles. The maximum absolute atomic E-state index is 11.6. The molecule has 2 amide bonds. The zero-order valence-electron chi connectivity index (χ0n) is 12.7. The van der Waals surface area contributed by atoms with Gasteiger partial charge in [0.2, 0.25) is 0 Å². The number of carbonyl (C=O) groups excluding carboxylic acids is 1. The normalized spacial score (nSPS) is 16.0. The summed E-state index contributed by atoms with van der Waals surface area (Å²) in [5.74, 6) is -0.801. The number of carbonyl (C=O) groups is 2. The Labute approximate surface area is 125 Å². The molecule has 3 N–H and O–H groups in total. The van der Waals surface area contributed by atoms with Crippen LogP contribution in [0.25, 0.3) is 0 Å². The Hall–Kier alpha value is -1.34. The van der Waals surface area contributed by atoms with Gasteiger partial charge in [0.05, 0.1) is 19.6 Å². The largest absolute Gasteiger partial charge is 0.481 e. The fraction of sp³-hybridized carbons (Fsp3) is 0.857. The number of urea groups is 1. The Morgan fingerprint density at radius 1 is 1.19 bits per heavy atom. The number of aliphatic carboxylic acids is 1. The summed E-state index contributed by atoms with van der Waals surface area (Å²) in [5, 5.41) is 14.4. The second-order valence-corrected chi connectivity index (χ2v) is 5.49. The molecule has 0 atom stereocenters. The fourth-order valence-electron chi connectivity index (χ4n) is 2.36. The van der Waals surface area contributed by atoms with Gasteiger partial charge < -0.3 is 25.2 Å². The molecule has 1 aliphatic rings. The predicted octanol–water partition coefficient (Wildman–Crippen LogP) is 0.984. The van der Waals surface area contributed by atoms with Crippen LogP contribution in [-0.2, 0) is 14.3 Å². The third kappa shape index (κ3) is 7.29. The molecule has 1 fully saturated rings. The lowest BCUT2D eigenvalue weighted by atomic mass is 9.66. The van der Waals surface area contributed by atoms with Crippen LogP contribution in [0.3, 0.4) is 0 Å². The van der Waals surface area contributed by atoms with E-state index in [9.17, 15) is 9.59 Å². The molecule has 0 heterocycles. The molecule has 0 aromatic heterocycles. The van der Waals surface area contributed by atoms with Crippen LogP contribution < -0.4 is 10.6 Å². The number of nitrogens with one attached hydrogen (secondary N) is 2. The lowest BCUT2D eigenvalue weighted by Crippen LogP contribution is -2.46. The average Bonchev–Trinajstić information content (AvgIpc) is 2.40. The van der Waals surface area contributed by atoms with Gasteiger partial charge in [-0.2, -0.15) is 0 Å². The maximum atomic E-state index is 11.6. The van der Waals surface area contributed by atoms with Crippen molar-refractivity contribution in [3.63, 3.8) is 0 Å². The predicted molar refractivity (Wildman–Crippen MR) is 77.3 cm³/mol. The van der Waals surface area contributed by atoms with Crippen molar-refractivity contribution in [2.75, 3.05) is 40.0 Å². The molecule has 0 unspecified atom stereocenters. The summed E-state index contributed by atoms with van der Waals surface area (Å²) in [6.07, 6.45) is 3.63. The molecule has 21 heavy (non-hydrogen) atoms. The molecule has 0 spiro atoms. The Balaban J connectivity index is 2.04. The maximum Gasteiger partial charge on any atom is 0.314 e. The summed E-state index contributed by atoms with van der Waals surface area (Å²) in [7, 11) is 1.62. The molecule has 1 rings (SSSR count). The highest BCUT2D eigenvalue weighted by atomic mass is 16.5. The van der Waals surface area contributed by atoms with Gasteiger partial charge in [-0.25, -0.2) is 4.79 Å². The first-order valence-electron chi connectivity index (χ1n) is 7.38. The smallest absolute Gasteiger partial charge is 0.314 e. The van der Waals surface area contributed by atoms with Crippen molar-refractivity contribution in [1.82, 2.24) is 10.6 Å². The van der Waals surface area contributed by atoms with Crippen molar-refractivity contribution in [2.45, 2.75) is 32.1 Å². The minimum Gasteiger partial charge on any atom is -0.481 e. The monoisotopic (exact) mass is 302 g/mol. The molecule has 0 aromatic carbocycles. The van der Waals surface area contributed by atoms with E-state index >= 15 is 0 Å². The van der Waals surface area contributed by atoms with Crippen LogP contribution in [0, 0.1) is 5.41 Å². The van der Waals surface area contributed by atoms with Crippen molar-refractivity contribution in [3.8, 4) is 0 Å². The van der Waals surface area contributed by atoms with Crippen molar-refractivity contribution < 1.29 is 24.2 Å². The third-order valence-electron chi connectivity index (χ3n) is 3.75. The highest BCUT2D eigenvalue weighted by Crippen LogP contribution is 2.43. The van der Waals surface area contributed by atoms with Gasteiger partial charge in [0.1, 0.15) is 0 Å². The highest BCUT2D eigenvalue weighted by Gasteiger charge is 2.39. The first-order chi connectivity index (χ1) is 10.1. The quantitative estimate of drug-likeness (QED) is 0.494. The van der Waals surface area contributed by atoms with E-state index in [1.165, 1.54) is 0 Å². The van der Waals surface area contributed by atoms with Crippen LogP contribution in [0.2, 0.25) is 0 Å². The van der Waals surface area contributed by atoms with Crippen LogP contribution in [0.5, 0.6) is 0 Å². The van der Waals surface area contributed by atoms with Crippen molar-refractivity contribution in [3.05, 3.63) is 0 Å². The summed E-state index contributed by atoms with van der Waals surface area (Å²) in [6, 6.07) is -0.247. The van der Waals surface area contributed by atoms with Gasteiger partial charge in [0.15, 0.2) is 0 Å². The second-order valence-electron chi connectivity index (χ2n) is 5.49. The molecule has 7 heteroatoms. The van der Waals surface area contributed by atoms with Gasteiger partial charge in [-0.1, -0.05) is 6.42 Å². The Morgan fingerprint density at radius 2 is 1.95 bits per heavy atom. The number of hydrogen-bond donors (Lipinski definition) is 3. The van der Waals surface area contributed by atoms with E-state index in [0.717, 1.165) is 25.7 Å². The zero-order valence-corrected chi connectivity index (χ0v) is 12.7. The summed E-state index contributed by atoms with van der Waals surface area (Å²) in [4.78, 5) is 22.4. The minimum atomic E-state index is -0.801. The minimum absolute atomic E-state index is 0.126. The first kappa shape index (κ1) is 17.7. The number of carboxylic acids is 1. The number of carboxylic acid groups (broad SMARTS) is 1. The van der Waals surface area contributed by atoms with E-state index in [-0.39, 0.29) is 17.9 Å². The molecule has 0 aliphatic heterocycles. The Morgan fingerprint density at radius 3 is 2.52 bits per heavy atom. The van der Waals surface area contributed by atoms with E-state index < -0.39 is 5.97 Å². The molecular formula is C14H26N2O5. The highest BCUT2D eigenvalue weighted by molar-refractivity contribution is 5.74. The van der Waals surface area contributed by atoms with Crippen molar-refractivity contribution in [1.29, 1.82) is 0 Å². The van der Waals surface area contributed by atoms with E-state index in [0.29, 0.717) is 32.9 Å². The molecular weight excluding hydrogens is 276 g/mol. The summed E-state index contributed by atoms with van der Waals surface area (Å²) >= 11 is 0. The van der Waals surface area contributed by atoms with Crippen molar-refractivity contribution in [2.24, 2.45) is 5.41 Å². The lowest BCUT2D eigenvalue weighted by molar-refractivity contribution is -0.141.